The number of aryl methyl sites for hydroxylation is 1. The molecule has 28 heavy (non-hydrogen) atoms. The Bertz CT molecular complexity index is 822. The van der Waals surface area contributed by atoms with Crippen LogP contribution in [0.1, 0.15) is 48.3 Å². The number of ether oxygens (including phenoxy) is 2. The molecule has 0 bridgehead atoms. The fraction of sp³-hybridized carbons (Fsp3) is 0.500. The van der Waals surface area contributed by atoms with Gasteiger partial charge in [-0.05, 0) is 85.3 Å². The fourth-order valence-electron chi connectivity index (χ4n) is 4.69. The Kier molecular flexibility index (Phi) is 6.17. The smallest absolute Gasteiger partial charge is 0.161 e. The molecular weight excluding hydrogens is 366 g/mol. The van der Waals surface area contributed by atoms with Crippen molar-refractivity contribution in [2.75, 3.05) is 20.0 Å². The molecule has 150 valence electrons. The van der Waals surface area contributed by atoms with Crippen LogP contribution in [0.3, 0.4) is 0 Å². The van der Waals surface area contributed by atoms with Gasteiger partial charge in [0, 0.05) is 16.7 Å². The zero-order valence-electron chi connectivity index (χ0n) is 16.9. The number of nitrogens with two attached hydrogens (primary N) is 1. The summed E-state index contributed by atoms with van der Waals surface area (Å²) in [7, 11) is 3.37. The van der Waals surface area contributed by atoms with Crippen LogP contribution in [0.15, 0.2) is 41.3 Å². The minimum atomic E-state index is 0.402. The van der Waals surface area contributed by atoms with Gasteiger partial charge < -0.3 is 15.2 Å². The maximum Gasteiger partial charge on any atom is 0.161 e. The standard InChI is InChI=1S/C24H31NO2S/c1-26-23-10-9-22(14-24(23)27-2)28-15-16-3-4-18-12-19(6-5-17(18)11-16)20-7-8-21(25)13-20/h5-6,9-10,12,14,16,20-21H,3-4,7-8,11,13,15,25H2,1-2H3. The molecule has 3 nitrogen and oxygen atoms in total. The van der Waals surface area contributed by atoms with Gasteiger partial charge in [0.05, 0.1) is 14.2 Å². The lowest BCUT2D eigenvalue weighted by Crippen LogP contribution is -2.17. The van der Waals surface area contributed by atoms with Crippen LogP contribution >= 0.6 is 11.8 Å². The van der Waals surface area contributed by atoms with Crippen LogP contribution in [0.2, 0.25) is 0 Å². The molecule has 0 aromatic heterocycles. The second kappa shape index (κ2) is 8.79. The summed E-state index contributed by atoms with van der Waals surface area (Å²) in [4.78, 5) is 1.25. The first-order chi connectivity index (χ1) is 13.7. The molecule has 0 spiro atoms. The normalized spacial score (nSPS) is 24.0. The van der Waals surface area contributed by atoms with Gasteiger partial charge in [0.25, 0.3) is 0 Å². The molecule has 0 saturated heterocycles. The summed E-state index contributed by atoms with van der Waals surface area (Å²) in [6.07, 6.45) is 7.27. The maximum absolute atomic E-state index is 6.12. The Morgan fingerprint density at radius 2 is 1.82 bits per heavy atom. The number of thioether (sulfide) groups is 1. The quantitative estimate of drug-likeness (QED) is 0.681. The van der Waals surface area contributed by atoms with Crippen molar-refractivity contribution >= 4 is 11.8 Å². The summed E-state index contributed by atoms with van der Waals surface area (Å²) < 4.78 is 10.8. The van der Waals surface area contributed by atoms with Crippen molar-refractivity contribution in [3.8, 4) is 11.5 Å². The Labute approximate surface area is 173 Å². The van der Waals surface area contributed by atoms with E-state index in [1.165, 1.54) is 42.6 Å². The molecule has 2 aliphatic rings. The van der Waals surface area contributed by atoms with Crippen molar-refractivity contribution in [3.63, 3.8) is 0 Å². The maximum atomic E-state index is 6.12. The van der Waals surface area contributed by atoms with Crippen molar-refractivity contribution in [1.29, 1.82) is 0 Å². The molecule has 0 aliphatic heterocycles. The number of benzene rings is 2. The molecule has 2 aromatic rings. The van der Waals surface area contributed by atoms with E-state index in [2.05, 4.69) is 30.3 Å². The highest BCUT2D eigenvalue weighted by Gasteiger charge is 2.25. The molecule has 0 amide bonds. The summed E-state index contributed by atoms with van der Waals surface area (Å²) in [5.74, 6) is 4.15. The lowest BCUT2D eigenvalue weighted by atomic mass is 9.82. The van der Waals surface area contributed by atoms with Gasteiger partial charge in [0.15, 0.2) is 11.5 Å². The first-order valence-electron chi connectivity index (χ1n) is 10.4. The third-order valence-corrected chi connectivity index (χ3v) is 7.57. The molecule has 2 aromatic carbocycles. The Morgan fingerprint density at radius 1 is 0.964 bits per heavy atom. The van der Waals surface area contributed by atoms with E-state index in [0.717, 1.165) is 29.6 Å². The molecular formula is C24H31NO2S. The monoisotopic (exact) mass is 397 g/mol. The van der Waals surface area contributed by atoms with Crippen LogP contribution in [0.4, 0.5) is 0 Å². The highest BCUT2D eigenvalue weighted by Crippen LogP contribution is 2.38. The van der Waals surface area contributed by atoms with Crippen molar-refractivity contribution in [3.05, 3.63) is 53.1 Å². The summed E-state index contributed by atoms with van der Waals surface area (Å²) >= 11 is 1.92. The second-order valence-electron chi connectivity index (χ2n) is 8.23. The Balaban J connectivity index is 1.37. The molecule has 3 atom stereocenters. The van der Waals surface area contributed by atoms with Crippen molar-refractivity contribution in [2.45, 2.75) is 55.4 Å². The average Bonchev–Trinajstić information content (AvgIpc) is 3.17. The molecule has 2 N–H and O–H groups in total. The fourth-order valence-corrected chi connectivity index (χ4v) is 5.75. The molecule has 1 saturated carbocycles. The van der Waals surface area contributed by atoms with E-state index in [1.54, 1.807) is 25.3 Å². The van der Waals surface area contributed by atoms with Crippen LogP contribution in [-0.4, -0.2) is 26.0 Å². The molecule has 2 aliphatic carbocycles. The van der Waals surface area contributed by atoms with Crippen LogP contribution in [-0.2, 0) is 12.8 Å². The van der Waals surface area contributed by atoms with E-state index in [-0.39, 0.29) is 0 Å². The van der Waals surface area contributed by atoms with Crippen molar-refractivity contribution in [2.24, 2.45) is 11.7 Å². The highest BCUT2D eigenvalue weighted by molar-refractivity contribution is 7.99. The molecule has 1 fully saturated rings. The van der Waals surface area contributed by atoms with E-state index in [4.69, 9.17) is 15.2 Å². The minimum Gasteiger partial charge on any atom is -0.493 e. The van der Waals surface area contributed by atoms with Crippen molar-refractivity contribution in [1.82, 2.24) is 0 Å². The summed E-state index contributed by atoms with van der Waals surface area (Å²) in [5, 5.41) is 0. The predicted octanol–water partition coefficient (Wildman–Crippen LogP) is 5.20. The summed E-state index contributed by atoms with van der Waals surface area (Å²) in [6.45, 7) is 0. The van der Waals surface area contributed by atoms with Gasteiger partial charge in [0.1, 0.15) is 0 Å². The van der Waals surface area contributed by atoms with E-state index < -0.39 is 0 Å². The van der Waals surface area contributed by atoms with Gasteiger partial charge in [-0.1, -0.05) is 18.2 Å². The molecule has 0 radical (unpaired) electrons. The van der Waals surface area contributed by atoms with Gasteiger partial charge in [0.2, 0.25) is 0 Å². The van der Waals surface area contributed by atoms with Gasteiger partial charge >= 0.3 is 0 Å². The molecule has 4 heteroatoms. The van der Waals surface area contributed by atoms with Gasteiger partial charge in [-0.3, -0.25) is 0 Å². The minimum absolute atomic E-state index is 0.402. The van der Waals surface area contributed by atoms with Gasteiger partial charge in [-0.15, -0.1) is 11.8 Å². The van der Waals surface area contributed by atoms with Gasteiger partial charge in [-0.2, -0.15) is 0 Å². The van der Waals surface area contributed by atoms with Crippen LogP contribution in [0, 0.1) is 5.92 Å². The predicted molar refractivity (Wildman–Crippen MR) is 117 cm³/mol. The van der Waals surface area contributed by atoms with E-state index in [0.29, 0.717) is 12.0 Å². The van der Waals surface area contributed by atoms with Crippen LogP contribution in [0.5, 0.6) is 11.5 Å². The number of hydrogen-bond acceptors (Lipinski definition) is 4. The largest absolute Gasteiger partial charge is 0.493 e. The lowest BCUT2D eigenvalue weighted by molar-refractivity contribution is 0.354. The zero-order valence-corrected chi connectivity index (χ0v) is 17.8. The SMILES string of the molecule is COc1ccc(SCC2CCc3cc(C4CCC(N)C4)ccc3C2)cc1OC. The highest BCUT2D eigenvalue weighted by atomic mass is 32.2. The number of rotatable bonds is 6. The van der Waals surface area contributed by atoms with Gasteiger partial charge in [-0.25, -0.2) is 0 Å². The third-order valence-electron chi connectivity index (χ3n) is 6.35. The lowest BCUT2D eigenvalue weighted by Gasteiger charge is -2.26. The topological polar surface area (TPSA) is 44.5 Å². The summed E-state index contributed by atoms with van der Waals surface area (Å²) in [6, 6.07) is 13.8. The second-order valence-corrected chi connectivity index (χ2v) is 9.33. The summed E-state index contributed by atoms with van der Waals surface area (Å²) in [5.41, 5.74) is 10.8. The van der Waals surface area contributed by atoms with E-state index >= 15 is 0 Å². The Morgan fingerprint density at radius 3 is 2.57 bits per heavy atom. The van der Waals surface area contributed by atoms with Crippen molar-refractivity contribution < 1.29 is 9.47 Å². The van der Waals surface area contributed by atoms with Crippen LogP contribution < -0.4 is 15.2 Å². The third kappa shape index (κ3) is 4.33. The zero-order chi connectivity index (χ0) is 19.5. The van der Waals surface area contributed by atoms with E-state index in [1.807, 2.05) is 17.8 Å². The first-order valence-corrected chi connectivity index (χ1v) is 11.4. The molecule has 0 heterocycles. The van der Waals surface area contributed by atoms with E-state index in [9.17, 15) is 0 Å². The van der Waals surface area contributed by atoms with Crippen LogP contribution in [0.25, 0.3) is 0 Å². The Hall–Kier alpha value is -1.65. The average molecular weight is 398 g/mol. The molecule has 3 unspecified atom stereocenters. The molecule has 4 rings (SSSR count). The number of hydrogen-bond donors (Lipinski definition) is 1. The number of methoxy groups -OCH3 is 2. The number of fused-ring (bicyclic) bond motifs is 1. The first kappa shape index (κ1) is 19.7.